The number of anilines is 1. The van der Waals surface area contributed by atoms with Crippen molar-refractivity contribution >= 4 is 34.6 Å². The number of halogens is 1. The van der Waals surface area contributed by atoms with E-state index < -0.39 is 5.97 Å². The summed E-state index contributed by atoms with van der Waals surface area (Å²) >= 11 is 7.71. The number of thiophene rings is 1. The molecule has 0 spiro atoms. The molecule has 100 valence electrons. The molecule has 0 bridgehead atoms. The molecule has 2 aromatic rings. The van der Waals surface area contributed by atoms with Gasteiger partial charge in [0.1, 0.15) is 0 Å². The molecule has 19 heavy (non-hydrogen) atoms. The number of benzene rings is 1. The van der Waals surface area contributed by atoms with E-state index in [0.717, 1.165) is 18.8 Å². The fourth-order valence-corrected chi connectivity index (χ4v) is 2.83. The van der Waals surface area contributed by atoms with Crippen molar-refractivity contribution in [2.24, 2.45) is 0 Å². The third-order valence-corrected chi connectivity index (χ3v) is 4.03. The van der Waals surface area contributed by atoms with Crippen LogP contribution < -0.4 is 4.90 Å². The number of carboxylic acids is 1. The lowest BCUT2D eigenvalue weighted by Crippen LogP contribution is -2.21. The SMILES string of the molecule is CCN(Cc1cccs1)c1ccc(C(=O)O)c(Cl)c1. The molecule has 0 aliphatic carbocycles. The Kier molecular flexibility index (Phi) is 4.45. The summed E-state index contributed by atoms with van der Waals surface area (Å²) in [6.07, 6.45) is 0. The highest BCUT2D eigenvalue weighted by molar-refractivity contribution is 7.09. The molecular weight excluding hydrogens is 282 g/mol. The number of rotatable bonds is 5. The third kappa shape index (κ3) is 3.28. The number of hydrogen-bond donors (Lipinski definition) is 1. The number of carboxylic acid groups (broad SMARTS) is 1. The van der Waals surface area contributed by atoms with E-state index in [1.165, 1.54) is 4.88 Å². The van der Waals surface area contributed by atoms with Crippen molar-refractivity contribution in [3.05, 3.63) is 51.2 Å². The normalized spacial score (nSPS) is 10.4. The van der Waals surface area contributed by atoms with E-state index in [4.69, 9.17) is 16.7 Å². The minimum atomic E-state index is -1.00. The van der Waals surface area contributed by atoms with Crippen LogP contribution in [-0.2, 0) is 6.54 Å². The maximum atomic E-state index is 10.9. The van der Waals surface area contributed by atoms with Crippen LogP contribution in [0.5, 0.6) is 0 Å². The standard InChI is InChI=1S/C14H14ClNO2S/c1-2-16(9-11-4-3-7-19-11)10-5-6-12(14(17)18)13(15)8-10/h3-8H,2,9H2,1H3,(H,17,18). The van der Waals surface area contributed by atoms with Crippen molar-refractivity contribution in [2.45, 2.75) is 13.5 Å². The second-order valence-electron chi connectivity index (χ2n) is 4.06. The lowest BCUT2D eigenvalue weighted by Gasteiger charge is -2.23. The van der Waals surface area contributed by atoms with Crippen LogP contribution >= 0.6 is 22.9 Å². The van der Waals surface area contributed by atoms with Gasteiger partial charge in [0.25, 0.3) is 0 Å². The quantitative estimate of drug-likeness (QED) is 0.902. The first kappa shape index (κ1) is 13.9. The molecule has 0 radical (unpaired) electrons. The second kappa shape index (κ2) is 6.08. The summed E-state index contributed by atoms with van der Waals surface area (Å²) in [4.78, 5) is 14.4. The van der Waals surface area contributed by atoms with Crippen LogP contribution in [-0.4, -0.2) is 17.6 Å². The van der Waals surface area contributed by atoms with E-state index in [2.05, 4.69) is 17.9 Å². The van der Waals surface area contributed by atoms with Crippen LogP contribution in [0.4, 0.5) is 5.69 Å². The Morgan fingerprint density at radius 3 is 2.74 bits per heavy atom. The predicted octanol–water partition coefficient (Wildman–Crippen LogP) is 4.13. The maximum absolute atomic E-state index is 10.9. The largest absolute Gasteiger partial charge is 0.478 e. The van der Waals surface area contributed by atoms with E-state index in [0.29, 0.717) is 0 Å². The number of hydrogen-bond acceptors (Lipinski definition) is 3. The minimum absolute atomic E-state index is 0.137. The summed E-state index contributed by atoms with van der Waals surface area (Å²) in [5.74, 6) is -1.00. The highest BCUT2D eigenvalue weighted by atomic mass is 35.5. The van der Waals surface area contributed by atoms with Crippen LogP contribution in [0.15, 0.2) is 35.7 Å². The summed E-state index contributed by atoms with van der Waals surface area (Å²) < 4.78 is 0. The molecule has 0 atom stereocenters. The van der Waals surface area contributed by atoms with Gasteiger partial charge in [-0.05, 0) is 36.6 Å². The zero-order chi connectivity index (χ0) is 13.8. The van der Waals surface area contributed by atoms with Gasteiger partial charge in [0.15, 0.2) is 0 Å². The smallest absolute Gasteiger partial charge is 0.337 e. The molecule has 0 amide bonds. The van der Waals surface area contributed by atoms with Crippen molar-refractivity contribution in [1.82, 2.24) is 0 Å². The third-order valence-electron chi connectivity index (χ3n) is 2.86. The van der Waals surface area contributed by atoms with Gasteiger partial charge in [0.05, 0.1) is 17.1 Å². The van der Waals surface area contributed by atoms with Gasteiger partial charge < -0.3 is 10.0 Å². The van der Waals surface area contributed by atoms with Crippen LogP contribution in [0.3, 0.4) is 0 Å². The molecule has 0 saturated carbocycles. The molecule has 0 aliphatic heterocycles. The number of nitrogens with zero attached hydrogens (tertiary/aromatic N) is 1. The lowest BCUT2D eigenvalue weighted by molar-refractivity contribution is 0.0697. The van der Waals surface area contributed by atoms with Gasteiger partial charge in [-0.3, -0.25) is 0 Å². The highest BCUT2D eigenvalue weighted by Gasteiger charge is 2.12. The number of aromatic carboxylic acids is 1. The van der Waals surface area contributed by atoms with Crippen LogP contribution in [0.1, 0.15) is 22.2 Å². The van der Waals surface area contributed by atoms with E-state index in [-0.39, 0.29) is 10.6 Å². The first-order valence-corrected chi connectivity index (χ1v) is 7.17. The Morgan fingerprint density at radius 2 is 2.21 bits per heavy atom. The number of carbonyl (C=O) groups is 1. The topological polar surface area (TPSA) is 40.5 Å². The van der Waals surface area contributed by atoms with Gasteiger partial charge in [0, 0.05) is 17.1 Å². The van der Waals surface area contributed by atoms with Gasteiger partial charge in [0.2, 0.25) is 0 Å². The summed E-state index contributed by atoms with van der Waals surface area (Å²) in [5, 5.41) is 11.3. The maximum Gasteiger partial charge on any atom is 0.337 e. The average molecular weight is 296 g/mol. The van der Waals surface area contributed by atoms with Crippen molar-refractivity contribution in [3.8, 4) is 0 Å². The highest BCUT2D eigenvalue weighted by Crippen LogP contribution is 2.25. The Balaban J connectivity index is 2.23. The Morgan fingerprint density at radius 1 is 1.42 bits per heavy atom. The minimum Gasteiger partial charge on any atom is -0.478 e. The zero-order valence-corrected chi connectivity index (χ0v) is 12.0. The van der Waals surface area contributed by atoms with Gasteiger partial charge in [-0.1, -0.05) is 17.7 Å². The monoisotopic (exact) mass is 295 g/mol. The van der Waals surface area contributed by atoms with Gasteiger partial charge in [-0.25, -0.2) is 4.79 Å². The van der Waals surface area contributed by atoms with E-state index >= 15 is 0 Å². The average Bonchev–Trinajstić information content (AvgIpc) is 2.88. The van der Waals surface area contributed by atoms with Crippen molar-refractivity contribution in [2.75, 3.05) is 11.4 Å². The molecular formula is C14H14ClNO2S. The predicted molar refractivity (Wildman–Crippen MR) is 79.5 cm³/mol. The Bertz CT molecular complexity index is 569. The summed E-state index contributed by atoms with van der Waals surface area (Å²) in [6.45, 7) is 3.70. The second-order valence-corrected chi connectivity index (χ2v) is 5.50. The summed E-state index contributed by atoms with van der Waals surface area (Å²) in [7, 11) is 0. The zero-order valence-electron chi connectivity index (χ0n) is 10.5. The Hall–Kier alpha value is -1.52. The van der Waals surface area contributed by atoms with Gasteiger partial charge >= 0.3 is 5.97 Å². The fourth-order valence-electron chi connectivity index (χ4n) is 1.85. The molecule has 0 aliphatic rings. The molecule has 0 saturated heterocycles. The molecule has 1 N–H and O–H groups in total. The van der Waals surface area contributed by atoms with Crippen LogP contribution in [0.2, 0.25) is 5.02 Å². The van der Waals surface area contributed by atoms with Gasteiger partial charge in [-0.15, -0.1) is 11.3 Å². The molecule has 2 rings (SSSR count). The van der Waals surface area contributed by atoms with Crippen LogP contribution in [0, 0.1) is 0 Å². The summed E-state index contributed by atoms with van der Waals surface area (Å²) in [5.41, 5.74) is 1.07. The Labute approximate surface area is 121 Å². The lowest BCUT2D eigenvalue weighted by atomic mass is 10.2. The van der Waals surface area contributed by atoms with E-state index in [1.54, 1.807) is 29.5 Å². The first-order valence-electron chi connectivity index (χ1n) is 5.92. The van der Waals surface area contributed by atoms with Crippen LogP contribution in [0.25, 0.3) is 0 Å². The molecule has 0 fully saturated rings. The fraction of sp³-hybridized carbons (Fsp3) is 0.214. The summed E-state index contributed by atoms with van der Waals surface area (Å²) in [6, 6.07) is 9.17. The van der Waals surface area contributed by atoms with Gasteiger partial charge in [-0.2, -0.15) is 0 Å². The van der Waals surface area contributed by atoms with E-state index in [1.807, 2.05) is 11.4 Å². The van der Waals surface area contributed by atoms with Crippen molar-refractivity contribution < 1.29 is 9.90 Å². The van der Waals surface area contributed by atoms with Crippen molar-refractivity contribution in [1.29, 1.82) is 0 Å². The molecule has 3 nitrogen and oxygen atoms in total. The molecule has 1 aromatic carbocycles. The first-order chi connectivity index (χ1) is 9.11. The van der Waals surface area contributed by atoms with E-state index in [9.17, 15) is 4.79 Å². The molecule has 5 heteroatoms. The molecule has 0 unspecified atom stereocenters. The molecule has 1 aromatic heterocycles. The molecule has 1 heterocycles. The van der Waals surface area contributed by atoms with Crippen molar-refractivity contribution in [3.63, 3.8) is 0 Å².